The van der Waals surface area contributed by atoms with Gasteiger partial charge < -0.3 is 19.8 Å². The van der Waals surface area contributed by atoms with E-state index in [-0.39, 0.29) is 11.8 Å². The van der Waals surface area contributed by atoms with Gasteiger partial charge in [0, 0.05) is 18.7 Å². The predicted molar refractivity (Wildman–Crippen MR) is 112 cm³/mol. The van der Waals surface area contributed by atoms with Crippen LogP contribution in [0, 0.1) is 6.92 Å². The van der Waals surface area contributed by atoms with Crippen molar-refractivity contribution in [2.45, 2.75) is 33.2 Å². The summed E-state index contributed by atoms with van der Waals surface area (Å²) in [4.78, 5) is 27.5. The Morgan fingerprint density at radius 3 is 2.72 bits per heavy atom. The molecule has 0 spiro atoms. The van der Waals surface area contributed by atoms with Gasteiger partial charge in [-0.15, -0.1) is 11.3 Å². The molecule has 7 nitrogen and oxygen atoms in total. The summed E-state index contributed by atoms with van der Waals surface area (Å²) < 4.78 is 11.3. The zero-order valence-corrected chi connectivity index (χ0v) is 17.2. The van der Waals surface area contributed by atoms with Crippen LogP contribution in [0.2, 0.25) is 0 Å². The molecule has 0 aliphatic heterocycles. The summed E-state index contributed by atoms with van der Waals surface area (Å²) in [5, 5.41) is 7.81. The fourth-order valence-electron chi connectivity index (χ4n) is 2.51. The first-order valence-electron chi connectivity index (χ1n) is 9.28. The first kappa shape index (κ1) is 20.6. The number of furan rings is 1. The van der Waals surface area contributed by atoms with Crippen molar-refractivity contribution in [3.63, 3.8) is 0 Å². The highest BCUT2D eigenvalue weighted by Gasteiger charge is 2.11. The fourth-order valence-corrected chi connectivity index (χ4v) is 3.22. The van der Waals surface area contributed by atoms with Crippen molar-refractivity contribution < 1.29 is 18.7 Å². The van der Waals surface area contributed by atoms with E-state index in [2.05, 4.69) is 15.6 Å². The number of carbonyl (C=O) groups is 2. The van der Waals surface area contributed by atoms with Crippen molar-refractivity contribution in [3.05, 3.63) is 53.1 Å². The van der Waals surface area contributed by atoms with Crippen LogP contribution >= 0.6 is 11.3 Å². The molecule has 29 heavy (non-hydrogen) atoms. The molecule has 152 valence electrons. The SMILES string of the molecule is CC(=O)NCc1ccc(-c2csc(NC(=O)CCCOc3ccc(C)cc3)n2)o1. The third-order valence-electron chi connectivity index (χ3n) is 4.01. The Kier molecular flexibility index (Phi) is 7.02. The van der Waals surface area contributed by atoms with Crippen molar-refractivity contribution in [2.75, 3.05) is 11.9 Å². The first-order valence-corrected chi connectivity index (χ1v) is 10.2. The molecule has 0 saturated heterocycles. The molecule has 0 atom stereocenters. The maximum Gasteiger partial charge on any atom is 0.226 e. The van der Waals surface area contributed by atoms with E-state index in [1.807, 2.05) is 36.6 Å². The number of carbonyl (C=O) groups excluding carboxylic acids is 2. The highest BCUT2D eigenvalue weighted by Crippen LogP contribution is 2.26. The molecule has 1 aromatic carbocycles. The summed E-state index contributed by atoms with van der Waals surface area (Å²) in [6.07, 6.45) is 0.963. The summed E-state index contributed by atoms with van der Waals surface area (Å²) in [5.74, 6) is 1.81. The Labute approximate surface area is 173 Å². The average molecular weight is 413 g/mol. The molecular weight excluding hydrogens is 390 g/mol. The average Bonchev–Trinajstić information content (AvgIpc) is 3.34. The van der Waals surface area contributed by atoms with Gasteiger partial charge in [-0.05, 0) is 37.6 Å². The second-order valence-corrected chi connectivity index (χ2v) is 7.38. The third kappa shape index (κ3) is 6.46. The van der Waals surface area contributed by atoms with Crippen LogP contribution in [0.25, 0.3) is 11.5 Å². The van der Waals surface area contributed by atoms with Crippen LogP contribution in [0.15, 0.2) is 46.2 Å². The van der Waals surface area contributed by atoms with Crippen molar-refractivity contribution in [3.8, 4) is 17.2 Å². The molecule has 0 aliphatic rings. The lowest BCUT2D eigenvalue weighted by Crippen LogP contribution is -2.18. The zero-order chi connectivity index (χ0) is 20.6. The van der Waals surface area contributed by atoms with E-state index in [9.17, 15) is 9.59 Å². The zero-order valence-electron chi connectivity index (χ0n) is 16.4. The molecule has 3 aromatic rings. The molecule has 0 radical (unpaired) electrons. The van der Waals surface area contributed by atoms with E-state index >= 15 is 0 Å². The number of hydrogen-bond donors (Lipinski definition) is 2. The predicted octanol–water partition coefficient (Wildman–Crippen LogP) is 4.15. The molecule has 0 fully saturated rings. The molecular formula is C21H23N3O4S. The molecule has 0 aliphatic carbocycles. The smallest absolute Gasteiger partial charge is 0.226 e. The normalized spacial score (nSPS) is 10.6. The summed E-state index contributed by atoms with van der Waals surface area (Å²) in [5.41, 5.74) is 1.82. The van der Waals surface area contributed by atoms with E-state index in [4.69, 9.17) is 9.15 Å². The molecule has 2 N–H and O–H groups in total. The number of amides is 2. The molecule has 8 heteroatoms. The number of aryl methyl sites for hydroxylation is 1. The lowest BCUT2D eigenvalue weighted by atomic mass is 10.2. The maximum atomic E-state index is 12.1. The van der Waals surface area contributed by atoms with Gasteiger partial charge in [-0.25, -0.2) is 4.98 Å². The van der Waals surface area contributed by atoms with Gasteiger partial charge >= 0.3 is 0 Å². The fraction of sp³-hybridized carbons (Fsp3) is 0.286. The lowest BCUT2D eigenvalue weighted by Gasteiger charge is -2.06. The Balaban J connectivity index is 1.42. The number of aromatic nitrogens is 1. The van der Waals surface area contributed by atoms with E-state index in [0.717, 1.165) is 5.75 Å². The number of rotatable bonds is 9. The molecule has 2 heterocycles. The summed E-state index contributed by atoms with van der Waals surface area (Å²) in [7, 11) is 0. The van der Waals surface area contributed by atoms with Crippen LogP contribution in [-0.4, -0.2) is 23.4 Å². The minimum atomic E-state index is -0.120. The van der Waals surface area contributed by atoms with Gasteiger partial charge in [0.2, 0.25) is 11.8 Å². The van der Waals surface area contributed by atoms with E-state index < -0.39 is 0 Å². The van der Waals surface area contributed by atoms with Gasteiger partial charge in [0.05, 0.1) is 13.2 Å². The van der Waals surface area contributed by atoms with Gasteiger partial charge in [0.25, 0.3) is 0 Å². The highest BCUT2D eigenvalue weighted by atomic mass is 32.1. The van der Waals surface area contributed by atoms with Gasteiger partial charge in [-0.2, -0.15) is 0 Å². The standard InChI is InChI=1S/C21H23N3O4S/c1-14-5-7-16(8-6-14)27-11-3-4-20(26)24-21-23-18(13-29-21)19-10-9-17(28-19)12-22-15(2)25/h5-10,13H,3-4,11-12H2,1-2H3,(H,22,25)(H,23,24,26). The van der Waals surface area contributed by atoms with Crippen LogP contribution in [0.1, 0.15) is 31.1 Å². The van der Waals surface area contributed by atoms with Crippen molar-refractivity contribution in [2.24, 2.45) is 0 Å². The highest BCUT2D eigenvalue weighted by molar-refractivity contribution is 7.14. The van der Waals surface area contributed by atoms with Crippen molar-refractivity contribution in [1.82, 2.24) is 10.3 Å². The van der Waals surface area contributed by atoms with Crippen LogP contribution in [-0.2, 0) is 16.1 Å². The van der Waals surface area contributed by atoms with Crippen molar-refractivity contribution >= 4 is 28.3 Å². The monoisotopic (exact) mass is 413 g/mol. The minimum absolute atomic E-state index is 0.107. The summed E-state index contributed by atoms with van der Waals surface area (Å²) >= 11 is 1.33. The lowest BCUT2D eigenvalue weighted by molar-refractivity contribution is -0.119. The van der Waals surface area contributed by atoms with E-state index in [1.54, 1.807) is 12.1 Å². The molecule has 0 unspecified atom stereocenters. The number of anilines is 1. The number of nitrogens with one attached hydrogen (secondary N) is 2. The Morgan fingerprint density at radius 2 is 1.97 bits per heavy atom. The van der Waals surface area contributed by atoms with E-state index in [1.165, 1.54) is 23.8 Å². The van der Waals surface area contributed by atoms with Gasteiger partial charge in [0.15, 0.2) is 10.9 Å². The Hall–Kier alpha value is -3.13. The minimum Gasteiger partial charge on any atom is -0.494 e. The quantitative estimate of drug-likeness (QED) is 0.514. The molecule has 2 amide bonds. The summed E-state index contributed by atoms with van der Waals surface area (Å²) in [6, 6.07) is 11.4. The Morgan fingerprint density at radius 1 is 1.17 bits per heavy atom. The van der Waals surface area contributed by atoms with Gasteiger partial charge in [0.1, 0.15) is 17.2 Å². The number of thiazole rings is 1. The summed E-state index contributed by atoms with van der Waals surface area (Å²) in [6.45, 7) is 4.28. The largest absolute Gasteiger partial charge is 0.494 e. The van der Waals surface area contributed by atoms with Gasteiger partial charge in [-0.1, -0.05) is 17.7 Å². The number of benzene rings is 1. The third-order valence-corrected chi connectivity index (χ3v) is 4.77. The second-order valence-electron chi connectivity index (χ2n) is 6.53. The molecule has 3 rings (SSSR count). The molecule has 2 aromatic heterocycles. The molecule has 0 saturated carbocycles. The number of nitrogens with zero attached hydrogens (tertiary/aromatic N) is 1. The number of hydrogen-bond acceptors (Lipinski definition) is 6. The topological polar surface area (TPSA) is 93.5 Å². The van der Waals surface area contributed by atoms with Crippen LogP contribution in [0.5, 0.6) is 5.75 Å². The Bertz CT molecular complexity index is 962. The van der Waals surface area contributed by atoms with Crippen LogP contribution in [0.3, 0.4) is 0 Å². The second kappa shape index (κ2) is 9.88. The number of ether oxygens (including phenoxy) is 1. The van der Waals surface area contributed by atoms with Crippen LogP contribution in [0.4, 0.5) is 5.13 Å². The first-order chi connectivity index (χ1) is 14.0. The molecule has 0 bridgehead atoms. The van der Waals surface area contributed by atoms with Crippen LogP contribution < -0.4 is 15.4 Å². The maximum absolute atomic E-state index is 12.1. The van der Waals surface area contributed by atoms with Crippen molar-refractivity contribution in [1.29, 1.82) is 0 Å². The van der Waals surface area contributed by atoms with E-state index in [0.29, 0.717) is 48.3 Å². The van der Waals surface area contributed by atoms with Gasteiger partial charge in [-0.3, -0.25) is 9.59 Å².